The molecule has 1 fully saturated rings. The Labute approximate surface area is 120 Å². The predicted molar refractivity (Wildman–Crippen MR) is 79.5 cm³/mol. The highest BCUT2D eigenvalue weighted by molar-refractivity contribution is 6.01. The van der Waals surface area contributed by atoms with Gasteiger partial charge < -0.3 is 10.5 Å². The number of hydrogen-bond acceptors (Lipinski definition) is 4. The number of nitrogens with two attached hydrogens (primary N) is 1. The van der Waals surface area contributed by atoms with E-state index in [9.17, 15) is 4.79 Å². The van der Waals surface area contributed by atoms with E-state index < -0.39 is 0 Å². The Morgan fingerprint density at radius 3 is 2.60 bits per heavy atom. The summed E-state index contributed by atoms with van der Waals surface area (Å²) in [7, 11) is 1.54. The number of carbonyl (C=O) groups is 1. The summed E-state index contributed by atoms with van der Waals surface area (Å²) in [5.74, 6) is 0.292. The lowest BCUT2D eigenvalue weighted by atomic mass is 10.00. The number of ether oxygens (including phenoxy) is 1. The number of nitrogens with zero attached hydrogens (tertiary/aromatic N) is 1. The minimum atomic E-state index is -0.208. The Kier molecular flexibility index (Phi) is 4.49. The fraction of sp³-hybridized carbons (Fsp3) is 0.533. The third-order valence-electron chi connectivity index (χ3n) is 3.93. The summed E-state index contributed by atoms with van der Waals surface area (Å²) in [5, 5.41) is 2.03. The van der Waals surface area contributed by atoms with Gasteiger partial charge in [-0.2, -0.15) is 0 Å². The van der Waals surface area contributed by atoms with Crippen molar-refractivity contribution in [2.24, 2.45) is 0 Å². The number of anilines is 1. The zero-order chi connectivity index (χ0) is 14.7. The van der Waals surface area contributed by atoms with Crippen LogP contribution in [-0.2, 0) is 0 Å². The maximum Gasteiger partial charge on any atom is 0.271 e. The van der Waals surface area contributed by atoms with Crippen LogP contribution in [-0.4, -0.2) is 30.1 Å². The van der Waals surface area contributed by atoms with Crippen molar-refractivity contribution in [3.05, 3.63) is 23.8 Å². The Bertz CT molecular complexity index is 480. The van der Waals surface area contributed by atoms with E-state index in [2.05, 4.69) is 19.3 Å². The van der Waals surface area contributed by atoms with Crippen LogP contribution in [0.3, 0.4) is 0 Å². The van der Waals surface area contributed by atoms with Crippen molar-refractivity contribution in [1.82, 2.24) is 10.4 Å². The van der Waals surface area contributed by atoms with Gasteiger partial charge in [0.1, 0.15) is 11.3 Å². The normalized spacial score (nSPS) is 23.4. The monoisotopic (exact) mass is 277 g/mol. The van der Waals surface area contributed by atoms with Gasteiger partial charge in [-0.3, -0.25) is 10.2 Å². The van der Waals surface area contributed by atoms with Crippen molar-refractivity contribution in [3.63, 3.8) is 0 Å². The molecule has 1 amide bonds. The molecular formula is C15H23N3O2. The lowest BCUT2D eigenvalue weighted by Crippen LogP contribution is -2.54. The first kappa shape index (κ1) is 14.7. The highest BCUT2D eigenvalue weighted by atomic mass is 16.5. The van der Waals surface area contributed by atoms with Crippen molar-refractivity contribution in [3.8, 4) is 5.75 Å². The summed E-state index contributed by atoms with van der Waals surface area (Å²) in [5.41, 5.74) is 9.73. The predicted octanol–water partition coefficient (Wildman–Crippen LogP) is 2.19. The molecule has 5 nitrogen and oxygen atoms in total. The molecule has 2 rings (SSSR count). The van der Waals surface area contributed by atoms with Gasteiger partial charge in [-0.1, -0.05) is 12.5 Å². The first-order chi connectivity index (χ1) is 9.54. The average molecular weight is 277 g/mol. The fourth-order valence-electron chi connectivity index (χ4n) is 2.78. The number of piperidine rings is 1. The van der Waals surface area contributed by atoms with E-state index >= 15 is 0 Å². The number of nitrogen functional groups attached to an aromatic ring is 1. The van der Waals surface area contributed by atoms with Gasteiger partial charge >= 0.3 is 0 Å². The summed E-state index contributed by atoms with van der Waals surface area (Å²) in [6, 6.07) is 5.89. The summed E-state index contributed by atoms with van der Waals surface area (Å²) in [6.07, 6.45) is 3.38. The number of hydrazine groups is 1. The molecule has 0 bridgehead atoms. The van der Waals surface area contributed by atoms with E-state index in [1.54, 1.807) is 18.2 Å². The Balaban J connectivity index is 2.20. The Morgan fingerprint density at radius 1 is 1.35 bits per heavy atom. The molecule has 3 N–H and O–H groups in total. The number of hydrogen-bond donors (Lipinski definition) is 2. The topological polar surface area (TPSA) is 67.6 Å². The van der Waals surface area contributed by atoms with E-state index in [-0.39, 0.29) is 5.91 Å². The second kappa shape index (κ2) is 6.13. The van der Waals surface area contributed by atoms with E-state index in [0.717, 1.165) is 12.8 Å². The molecule has 110 valence electrons. The molecule has 1 aromatic carbocycles. The van der Waals surface area contributed by atoms with Crippen LogP contribution >= 0.6 is 0 Å². The van der Waals surface area contributed by atoms with Gasteiger partial charge in [0.15, 0.2) is 0 Å². The van der Waals surface area contributed by atoms with Crippen molar-refractivity contribution in [2.75, 3.05) is 12.8 Å². The second-order valence-corrected chi connectivity index (χ2v) is 5.40. The number of amides is 1. The minimum Gasteiger partial charge on any atom is -0.496 e. The number of carbonyl (C=O) groups excluding carboxylic acids is 1. The summed E-state index contributed by atoms with van der Waals surface area (Å²) >= 11 is 0. The maximum absolute atomic E-state index is 12.5. The Morgan fingerprint density at radius 2 is 2.00 bits per heavy atom. The molecule has 0 saturated carbocycles. The third kappa shape index (κ3) is 2.88. The van der Waals surface area contributed by atoms with Crippen LogP contribution < -0.4 is 15.9 Å². The highest BCUT2D eigenvalue weighted by Crippen LogP contribution is 2.25. The number of methoxy groups -OCH3 is 1. The van der Waals surface area contributed by atoms with Crippen LogP contribution in [0.15, 0.2) is 18.2 Å². The van der Waals surface area contributed by atoms with E-state index in [4.69, 9.17) is 10.5 Å². The SMILES string of the molecule is COc1cccc(N)c1C(=O)NN1C(C)CCCC1C. The second-order valence-electron chi connectivity index (χ2n) is 5.40. The van der Waals surface area contributed by atoms with Crippen LogP contribution in [0.2, 0.25) is 0 Å². The van der Waals surface area contributed by atoms with E-state index in [1.165, 1.54) is 13.5 Å². The third-order valence-corrected chi connectivity index (χ3v) is 3.93. The van der Waals surface area contributed by atoms with Gasteiger partial charge in [-0.25, -0.2) is 5.01 Å². The van der Waals surface area contributed by atoms with Gasteiger partial charge in [-0.05, 0) is 38.8 Å². The van der Waals surface area contributed by atoms with Gasteiger partial charge in [0, 0.05) is 17.8 Å². The molecular weight excluding hydrogens is 254 g/mol. The lowest BCUT2D eigenvalue weighted by molar-refractivity contribution is 0.0368. The molecule has 20 heavy (non-hydrogen) atoms. The minimum absolute atomic E-state index is 0.208. The quantitative estimate of drug-likeness (QED) is 0.831. The van der Waals surface area contributed by atoms with Crippen molar-refractivity contribution in [1.29, 1.82) is 0 Å². The summed E-state index contributed by atoms with van der Waals surface area (Å²) < 4.78 is 5.23. The first-order valence-corrected chi connectivity index (χ1v) is 7.06. The smallest absolute Gasteiger partial charge is 0.271 e. The van der Waals surface area contributed by atoms with E-state index in [1.807, 2.05) is 5.01 Å². The Hall–Kier alpha value is -1.75. The zero-order valence-electron chi connectivity index (χ0n) is 12.3. The molecule has 5 heteroatoms. The molecule has 1 saturated heterocycles. The van der Waals surface area contributed by atoms with Crippen molar-refractivity contribution < 1.29 is 9.53 Å². The maximum atomic E-state index is 12.5. The van der Waals surface area contributed by atoms with Crippen LogP contribution in [0.5, 0.6) is 5.75 Å². The molecule has 1 aliphatic heterocycles. The largest absolute Gasteiger partial charge is 0.496 e. The molecule has 2 atom stereocenters. The molecule has 1 heterocycles. The molecule has 2 unspecified atom stereocenters. The standard InChI is InChI=1S/C15H23N3O2/c1-10-6-4-7-11(2)18(10)17-15(19)14-12(16)8-5-9-13(14)20-3/h5,8-11H,4,6-7,16H2,1-3H3,(H,17,19). The van der Waals surface area contributed by atoms with Crippen LogP contribution in [0.25, 0.3) is 0 Å². The highest BCUT2D eigenvalue weighted by Gasteiger charge is 2.27. The zero-order valence-corrected chi connectivity index (χ0v) is 12.3. The van der Waals surface area contributed by atoms with Crippen LogP contribution in [0.1, 0.15) is 43.5 Å². The average Bonchev–Trinajstić information content (AvgIpc) is 2.42. The number of nitrogens with one attached hydrogen (secondary N) is 1. The molecule has 0 radical (unpaired) electrons. The first-order valence-electron chi connectivity index (χ1n) is 7.06. The molecule has 1 aromatic rings. The molecule has 0 spiro atoms. The molecule has 1 aliphatic rings. The lowest BCUT2D eigenvalue weighted by Gasteiger charge is -2.38. The van der Waals surface area contributed by atoms with Gasteiger partial charge in [0.05, 0.1) is 7.11 Å². The van der Waals surface area contributed by atoms with Gasteiger partial charge in [0.2, 0.25) is 0 Å². The summed E-state index contributed by atoms with van der Waals surface area (Å²) in [4.78, 5) is 12.5. The van der Waals surface area contributed by atoms with Gasteiger partial charge in [0.25, 0.3) is 5.91 Å². The van der Waals surface area contributed by atoms with Crippen LogP contribution in [0.4, 0.5) is 5.69 Å². The van der Waals surface area contributed by atoms with Crippen molar-refractivity contribution in [2.45, 2.75) is 45.2 Å². The van der Waals surface area contributed by atoms with Crippen LogP contribution in [0, 0.1) is 0 Å². The summed E-state index contributed by atoms with van der Waals surface area (Å²) in [6.45, 7) is 4.25. The number of rotatable bonds is 3. The van der Waals surface area contributed by atoms with E-state index in [0.29, 0.717) is 29.1 Å². The van der Waals surface area contributed by atoms with Gasteiger partial charge in [-0.15, -0.1) is 0 Å². The molecule has 0 aliphatic carbocycles. The number of benzene rings is 1. The molecule has 0 aromatic heterocycles. The fourth-order valence-corrected chi connectivity index (χ4v) is 2.78. The van der Waals surface area contributed by atoms with Crippen molar-refractivity contribution >= 4 is 11.6 Å².